The zero-order valence-electron chi connectivity index (χ0n) is 17.7. The van der Waals surface area contributed by atoms with Crippen LogP contribution in [0, 0.1) is 31.1 Å². The second-order valence-corrected chi connectivity index (χ2v) is 8.05. The average Bonchev–Trinajstić information content (AvgIpc) is 2.99. The van der Waals surface area contributed by atoms with E-state index in [0.717, 1.165) is 41.6 Å². The Morgan fingerprint density at radius 3 is 2.59 bits per heavy atom. The molecule has 0 aliphatic carbocycles. The van der Waals surface area contributed by atoms with Gasteiger partial charge in [0.2, 0.25) is 5.91 Å². The summed E-state index contributed by atoms with van der Waals surface area (Å²) in [5, 5.41) is 16.3. The maximum Gasteiger partial charge on any atom is 0.224 e. The topological polar surface area (TPSA) is 73.9 Å². The number of amides is 1. The van der Waals surface area contributed by atoms with Gasteiger partial charge in [-0.05, 0) is 68.9 Å². The number of rotatable bonds is 7. The van der Waals surface area contributed by atoms with Gasteiger partial charge in [0.15, 0.2) is 0 Å². The zero-order valence-corrected chi connectivity index (χ0v) is 17.7. The monoisotopic (exact) mass is 393 g/mol. The number of piperidine rings is 1. The molecule has 1 fully saturated rings. The van der Waals surface area contributed by atoms with Crippen molar-refractivity contribution in [1.29, 1.82) is 5.26 Å². The van der Waals surface area contributed by atoms with Crippen LogP contribution in [0.1, 0.15) is 49.6 Å². The third-order valence-corrected chi connectivity index (χ3v) is 5.87. The van der Waals surface area contributed by atoms with Gasteiger partial charge in [-0.1, -0.05) is 6.92 Å². The fourth-order valence-electron chi connectivity index (χ4n) is 3.95. The van der Waals surface area contributed by atoms with E-state index < -0.39 is 0 Å². The van der Waals surface area contributed by atoms with Gasteiger partial charge in [-0.25, -0.2) is 0 Å². The number of carbonyl (C=O) groups excluding carboxylic acids is 1. The van der Waals surface area contributed by atoms with E-state index in [1.165, 1.54) is 18.5 Å². The van der Waals surface area contributed by atoms with Crippen LogP contribution in [0.3, 0.4) is 0 Å². The predicted octanol–water partition coefficient (Wildman–Crippen LogP) is 4.22. The van der Waals surface area contributed by atoms with E-state index in [1.54, 1.807) is 0 Å². The lowest BCUT2D eigenvalue weighted by Gasteiger charge is -2.32. The molecule has 6 heteroatoms. The number of hydrogen-bond donors (Lipinski definition) is 1. The molecule has 1 aliphatic heterocycles. The standard InChI is InChI=1S/C23H31N5O/c1-17-11-15-27(16-12-17)21-7-5-20(6-8-21)25-23(29)10-9-22-18(2)26-28(19(22)3)14-4-13-24/h5-8,17H,4,9-12,14-16H2,1-3H3,(H,25,29). The highest BCUT2D eigenvalue weighted by atomic mass is 16.1. The molecule has 1 N–H and O–H groups in total. The third kappa shape index (κ3) is 5.38. The zero-order chi connectivity index (χ0) is 20.8. The Labute approximate surface area is 173 Å². The van der Waals surface area contributed by atoms with E-state index in [-0.39, 0.29) is 5.91 Å². The van der Waals surface area contributed by atoms with Crippen molar-refractivity contribution in [3.63, 3.8) is 0 Å². The maximum atomic E-state index is 12.4. The first-order chi connectivity index (χ1) is 14.0. The molecule has 1 saturated heterocycles. The second kappa shape index (κ2) is 9.60. The van der Waals surface area contributed by atoms with Crippen LogP contribution < -0.4 is 10.2 Å². The molecule has 1 aromatic carbocycles. The summed E-state index contributed by atoms with van der Waals surface area (Å²) in [4.78, 5) is 14.8. The smallest absolute Gasteiger partial charge is 0.224 e. The minimum Gasteiger partial charge on any atom is -0.372 e. The third-order valence-electron chi connectivity index (χ3n) is 5.87. The van der Waals surface area contributed by atoms with E-state index in [0.29, 0.717) is 25.8 Å². The van der Waals surface area contributed by atoms with Crippen molar-refractivity contribution < 1.29 is 4.79 Å². The lowest BCUT2D eigenvalue weighted by atomic mass is 9.99. The van der Waals surface area contributed by atoms with Crippen LogP contribution in [0.4, 0.5) is 11.4 Å². The van der Waals surface area contributed by atoms with Crippen LogP contribution in [0.25, 0.3) is 0 Å². The summed E-state index contributed by atoms with van der Waals surface area (Å²) in [5.74, 6) is 0.823. The Balaban J connectivity index is 1.52. The van der Waals surface area contributed by atoms with Crippen LogP contribution in [0.2, 0.25) is 0 Å². The number of benzene rings is 1. The van der Waals surface area contributed by atoms with E-state index in [9.17, 15) is 4.79 Å². The summed E-state index contributed by atoms with van der Waals surface area (Å²) in [6.07, 6.45) is 3.99. The van der Waals surface area contributed by atoms with Crippen LogP contribution in [0.5, 0.6) is 0 Å². The number of nitriles is 1. The number of nitrogens with zero attached hydrogens (tertiary/aromatic N) is 4. The van der Waals surface area contributed by atoms with Crippen molar-refractivity contribution in [2.45, 2.75) is 59.4 Å². The van der Waals surface area contributed by atoms with E-state index in [2.05, 4.69) is 40.4 Å². The van der Waals surface area contributed by atoms with Gasteiger partial charge in [0.05, 0.1) is 24.7 Å². The fraction of sp³-hybridized carbons (Fsp3) is 0.522. The van der Waals surface area contributed by atoms with Crippen molar-refractivity contribution in [2.75, 3.05) is 23.3 Å². The minimum atomic E-state index is 0.00752. The fourth-order valence-corrected chi connectivity index (χ4v) is 3.95. The van der Waals surface area contributed by atoms with Crippen molar-refractivity contribution in [3.8, 4) is 6.07 Å². The summed E-state index contributed by atoms with van der Waals surface area (Å²) in [6, 6.07) is 10.3. The highest BCUT2D eigenvalue weighted by Gasteiger charge is 2.16. The Kier molecular flexibility index (Phi) is 6.92. The Morgan fingerprint density at radius 2 is 1.93 bits per heavy atom. The molecule has 1 amide bonds. The summed E-state index contributed by atoms with van der Waals surface area (Å²) >= 11 is 0. The molecule has 29 heavy (non-hydrogen) atoms. The molecule has 154 valence electrons. The van der Waals surface area contributed by atoms with Crippen LogP contribution in [-0.4, -0.2) is 28.8 Å². The number of nitrogens with one attached hydrogen (secondary N) is 1. The van der Waals surface area contributed by atoms with Crippen LogP contribution >= 0.6 is 0 Å². The second-order valence-electron chi connectivity index (χ2n) is 8.05. The van der Waals surface area contributed by atoms with Crippen LogP contribution in [0.15, 0.2) is 24.3 Å². The summed E-state index contributed by atoms with van der Waals surface area (Å²) < 4.78 is 1.87. The number of carbonyl (C=O) groups is 1. The van der Waals surface area contributed by atoms with Crippen molar-refractivity contribution >= 4 is 17.3 Å². The number of aromatic nitrogens is 2. The SMILES string of the molecule is Cc1nn(CCC#N)c(C)c1CCC(=O)Nc1ccc(N2CCC(C)CC2)cc1. The van der Waals surface area contributed by atoms with Gasteiger partial charge in [0.25, 0.3) is 0 Å². The van der Waals surface area contributed by atoms with E-state index >= 15 is 0 Å². The lowest BCUT2D eigenvalue weighted by Crippen LogP contribution is -2.32. The first-order valence-corrected chi connectivity index (χ1v) is 10.5. The molecule has 2 aromatic rings. The molecule has 0 spiro atoms. The molecule has 6 nitrogen and oxygen atoms in total. The quantitative estimate of drug-likeness (QED) is 0.764. The van der Waals surface area contributed by atoms with Gasteiger partial charge in [0, 0.05) is 36.6 Å². The molecular weight excluding hydrogens is 362 g/mol. The molecule has 2 heterocycles. The van der Waals surface area contributed by atoms with Crippen LogP contribution in [-0.2, 0) is 17.8 Å². The number of hydrogen-bond acceptors (Lipinski definition) is 4. The molecule has 0 saturated carbocycles. The Hall–Kier alpha value is -2.81. The summed E-state index contributed by atoms with van der Waals surface area (Å²) in [7, 11) is 0. The molecule has 0 bridgehead atoms. The Morgan fingerprint density at radius 1 is 1.24 bits per heavy atom. The normalized spacial score (nSPS) is 14.6. The summed E-state index contributed by atoms with van der Waals surface area (Å²) in [6.45, 7) is 9.09. The highest BCUT2D eigenvalue weighted by molar-refractivity contribution is 5.91. The van der Waals surface area contributed by atoms with Gasteiger partial charge < -0.3 is 10.2 Å². The Bertz CT molecular complexity index is 870. The molecular formula is C23H31N5O. The van der Waals surface area contributed by atoms with Gasteiger partial charge >= 0.3 is 0 Å². The predicted molar refractivity (Wildman–Crippen MR) is 116 cm³/mol. The molecule has 0 radical (unpaired) electrons. The first-order valence-electron chi connectivity index (χ1n) is 10.5. The first kappa shape index (κ1) is 20.9. The maximum absolute atomic E-state index is 12.4. The van der Waals surface area contributed by atoms with Crippen molar-refractivity contribution in [1.82, 2.24) is 9.78 Å². The molecule has 3 rings (SSSR count). The van der Waals surface area contributed by atoms with Gasteiger partial charge in [-0.3, -0.25) is 9.48 Å². The molecule has 1 aliphatic rings. The van der Waals surface area contributed by atoms with Gasteiger partial charge in [0.1, 0.15) is 0 Å². The van der Waals surface area contributed by atoms with E-state index in [1.807, 2.05) is 30.7 Å². The number of anilines is 2. The van der Waals surface area contributed by atoms with E-state index in [4.69, 9.17) is 5.26 Å². The highest BCUT2D eigenvalue weighted by Crippen LogP contribution is 2.24. The van der Waals surface area contributed by atoms with Gasteiger partial charge in [-0.2, -0.15) is 10.4 Å². The lowest BCUT2D eigenvalue weighted by molar-refractivity contribution is -0.116. The average molecular weight is 394 g/mol. The van der Waals surface area contributed by atoms with Crippen molar-refractivity contribution in [3.05, 3.63) is 41.2 Å². The molecule has 0 unspecified atom stereocenters. The summed E-state index contributed by atoms with van der Waals surface area (Å²) in [5.41, 5.74) is 5.15. The molecule has 1 aromatic heterocycles. The minimum absolute atomic E-state index is 0.00752. The van der Waals surface area contributed by atoms with Gasteiger partial charge in [-0.15, -0.1) is 0 Å². The number of aryl methyl sites for hydroxylation is 2. The van der Waals surface area contributed by atoms with Crippen molar-refractivity contribution in [2.24, 2.45) is 5.92 Å². The largest absolute Gasteiger partial charge is 0.372 e. The molecule has 0 atom stereocenters.